The van der Waals surface area contributed by atoms with Crippen molar-refractivity contribution < 1.29 is 9.47 Å². The molecule has 3 fully saturated rings. The Morgan fingerprint density at radius 1 is 0.840 bits per heavy atom. The highest BCUT2D eigenvalue weighted by molar-refractivity contribution is 4.97. The van der Waals surface area contributed by atoms with Crippen molar-refractivity contribution in [2.24, 2.45) is 23.7 Å². The summed E-state index contributed by atoms with van der Waals surface area (Å²) in [6.45, 7) is 3.11. The highest BCUT2D eigenvalue weighted by Gasteiger charge is 2.30. The summed E-state index contributed by atoms with van der Waals surface area (Å²) in [4.78, 5) is 0. The molecule has 25 heavy (non-hydrogen) atoms. The fourth-order valence-electron chi connectivity index (χ4n) is 5.53. The van der Waals surface area contributed by atoms with Gasteiger partial charge in [0, 0.05) is 7.11 Å². The summed E-state index contributed by atoms with van der Waals surface area (Å²) in [6.07, 6.45) is 22.4. The number of rotatable bonds is 6. The largest absolute Gasteiger partial charge is 0.379 e. The first-order valence-electron chi connectivity index (χ1n) is 11.1. The summed E-state index contributed by atoms with van der Waals surface area (Å²) >= 11 is 0. The van der Waals surface area contributed by atoms with Gasteiger partial charge in [-0.05, 0) is 75.0 Å². The number of ether oxygens (including phenoxy) is 2. The van der Waals surface area contributed by atoms with Crippen LogP contribution < -0.4 is 0 Å². The Balaban J connectivity index is 1.34. The van der Waals surface area contributed by atoms with Crippen molar-refractivity contribution in [1.29, 1.82) is 0 Å². The second-order valence-electron chi connectivity index (χ2n) is 8.94. The molecule has 2 saturated carbocycles. The molecule has 0 radical (unpaired) electrons. The first-order valence-corrected chi connectivity index (χ1v) is 11.1. The van der Waals surface area contributed by atoms with E-state index in [0.717, 1.165) is 43.1 Å². The molecule has 1 aliphatic heterocycles. The first kappa shape index (κ1) is 19.4. The van der Waals surface area contributed by atoms with Crippen LogP contribution >= 0.6 is 0 Å². The maximum Gasteiger partial charge on any atom is 0.0806 e. The van der Waals surface area contributed by atoms with Crippen LogP contribution in [-0.4, -0.2) is 25.9 Å². The summed E-state index contributed by atoms with van der Waals surface area (Å²) < 4.78 is 11.3. The lowest BCUT2D eigenvalue weighted by Gasteiger charge is -2.37. The van der Waals surface area contributed by atoms with E-state index < -0.39 is 0 Å². The number of hydrogen-bond donors (Lipinski definition) is 0. The lowest BCUT2D eigenvalue weighted by atomic mass is 9.68. The average molecular weight is 349 g/mol. The normalized spacial score (nSPS) is 40.4. The summed E-state index contributed by atoms with van der Waals surface area (Å²) in [5.41, 5.74) is 0. The highest BCUT2D eigenvalue weighted by Crippen LogP contribution is 2.42. The number of methoxy groups -OCH3 is 1. The third kappa shape index (κ3) is 5.82. The average Bonchev–Trinajstić information content (AvgIpc) is 2.68. The van der Waals surface area contributed by atoms with Gasteiger partial charge in [0.15, 0.2) is 0 Å². The van der Waals surface area contributed by atoms with Crippen LogP contribution in [0.5, 0.6) is 0 Å². The Morgan fingerprint density at radius 2 is 1.52 bits per heavy atom. The van der Waals surface area contributed by atoms with Crippen LogP contribution in [0.2, 0.25) is 0 Å². The van der Waals surface area contributed by atoms with Crippen LogP contribution in [0.4, 0.5) is 0 Å². The summed E-state index contributed by atoms with van der Waals surface area (Å²) in [6, 6.07) is 0. The minimum absolute atomic E-state index is 0.313. The van der Waals surface area contributed by atoms with Crippen molar-refractivity contribution in [1.82, 2.24) is 0 Å². The van der Waals surface area contributed by atoms with Crippen molar-refractivity contribution in [3.63, 3.8) is 0 Å². The molecule has 1 heterocycles. The predicted molar refractivity (Wildman–Crippen MR) is 105 cm³/mol. The zero-order chi connectivity index (χ0) is 17.5. The van der Waals surface area contributed by atoms with E-state index in [9.17, 15) is 0 Å². The van der Waals surface area contributed by atoms with E-state index in [0.29, 0.717) is 12.2 Å². The number of allylic oxidation sites excluding steroid dienone is 1. The maximum atomic E-state index is 5.91. The maximum absolute atomic E-state index is 5.91. The molecule has 0 aromatic carbocycles. The molecule has 144 valence electrons. The SMILES string of the molecule is CCCC1CCC(C2CCC(C=CC3CCC(OC)CO3)CC2)CC1. The van der Waals surface area contributed by atoms with E-state index in [1.54, 1.807) is 7.11 Å². The molecule has 0 aromatic heterocycles. The monoisotopic (exact) mass is 348 g/mol. The van der Waals surface area contributed by atoms with Gasteiger partial charge in [0.25, 0.3) is 0 Å². The molecule has 0 bridgehead atoms. The second-order valence-corrected chi connectivity index (χ2v) is 8.94. The summed E-state index contributed by atoms with van der Waals surface area (Å²) in [7, 11) is 1.79. The lowest BCUT2D eigenvalue weighted by molar-refractivity contribution is -0.0545. The van der Waals surface area contributed by atoms with Crippen molar-refractivity contribution in [3.8, 4) is 0 Å². The van der Waals surface area contributed by atoms with Gasteiger partial charge in [0.1, 0.15) is 0 Å². The van der Waals surface area contributed by atoms with Crippen LogP contribution in [0, 0.1) is 23.7 Å². The van der Waals surface area contributed by atoms with Gasteiger partial charge < -0.3 is 9.47 Å². The molecule has 0 N–H and O–H groups in total. The summed E-state index contributed by atoms with van der Waals surface area (Å²) in [5, 5.41) is 0. The standard InChI is InChI=1S/C23H40O2/c1-3-4-18-5-10-20(11-6-18)21-12-7-19(8-13-21)9-14-22-15-16-23(24-2)17-25-22/h9,14,18-23H,3-8,10-13,15-17H2,1-2H3. The molecule has 0 amide bonds. The molecule has 0 spiro atoms. The number of hydrogen-bond acceptors (Lipinski definition) is 2. The van der Waals surface area contributed by atoms with Gasteiger partial charge in [0.2, 0.25) is 0 Å². The van der Waals surface area contributed by atoms with Crippen molar-refractivity contribution in [2.75, 3.05) is 13.7 Å². The molecule has 0 aromatic rings. The topological polar surface area (TPSA) is 18.5 Å². The molecule has 1 saturated heterocycles. The van der Waals surface area contributed by atoms with Crippen LogP contribution in [0.1, 0.15) is 84.0 Å². The van der Waals surface area contributed by atoms with Gasteiger partial charge in [-0.25, -0.2) is 0 Å². The van der Waals surface area contributed by atoms with E-state index in [1.807, 2.05) is 0 Å². The second kappa shape index (κ2) is 10.1. The van der Waals surface area contributed by atoms with E-state index in [4.69, 9.17) is 9.47 Å². The fraction of sp³-hybridized carbons (Fsp3) is 0.913. The van der Waals surface area contributed by atoms with Crippen molar-refractivity contribution in [2.45, 2.75) is 96.2 Å². The minimum Gasteiger partial charge on any atom is -0.379 e. The zero-order valence-electron chi connectivity index (χ0n) is 16.6. The van der Waals surface area contributed by atoms with Crippen molar-refractivity contribution in [3.05, 3.63) is 12.2 Å². The predicted octanol–water partition coefficient (Wildman–Crippen LogP) is 6.15. The van der Waals surface area contributed by atoms with Crippen LogP contribution in [-0.2, 0) is 9.47 Å². The molecule has 2 nitrogen and oxygen atoms in total. The first-order chi connectivity index (χ1) is 12.3. The van der Waals surface area contributed by atoms with Gasteiger partial charge in [-0.15, -0.1) is 0 Å². The highest BCUT2D eigenvalue weighted by atomic mass is 16.5. The van der Waals surface area contributed by atoms with Crippen LogP contribution in [0.3, 0.4) is 0 Å². The van der Waals surface area contributed by atoms with E-state index in [-0.39, 0.29) is 0 Å². The smallest absolute Gasteiger partial charge is 0.0806 e. The fourth-order valence-corrected chi connectivity index (χ4v) is 5.53. The van der Waals surface area contributed by atoms with Gasteiger partial charge >= 0.3 is 0 Å². The van der Waals surface area contributed by atoms with E-state index in [2.05, 4.69) is 19.1 Å². The van der Waals surface area contributed by atoms with E-state index >= 15 is 0 Å². The molecular weight excluding hydrogens is 308 g/mol. The molecule has 2 unspecified atom stereocenters. The van der Waals surface area contributed by atoms with Gasteiger partial charge in [-0.1, -0.05) is 44.8 Å². The van der Waals surface area contributed by atoms with Gasteiger partial charge in [0.05, 0.1) is 18.8 Å². The Bertz CT molecular complexity index is 381. The minimum atomic E-state index is 0.313. The molecule has 2 aliphatic carbocycles. The van der Waals surface area contributed by atoms with Gasteiger partial charge in [-0.3, -0.25) is 0 Å². The molecule has 3 aliphatic rings. The van der Waals surface area contributed by atoms with Crippen molar-refractivity contribution >= 4 is 0 Å². The molecular formula is C23H40O2. The third-order valence-electron chi connectivity index (χ3n) is 7.27. The van der Waals surface area contributed by atoms with Crippen LogP contribution in [0.15, 0.2) is 12.2 Å². The Labute approximate surface area is 155 Å². The zero-order valence-corrected chi connectivity index (χ0v) is 16.6. The Morgan fingerprint density at radius 3 is 2.08 bits per heavy atom. The Kier molecular flexibility index (Phi) is 7.86. The molecule has 3 rings (SSSR count). The summed E-state index contributed by atoms with van der Waals surface area (Å²) in [5.74, 6) is 3.93. The molecule has 2 atom stereocenters. The quantitative estimate of drug-likeness (QED) is 0.536. The third-order valence-corrected chi connectivity index (χ3v) is 7.27. The molecule has 2 heteroatoms. The lowest BCUT2D eigenvalue weighted by Crippen LogP contribution is -2.29. The Hall–Kier alpha value is -0.340. The van der Waals surface area contributed by atoms with E-state index in [1.165, 1.54) is 64.2 Å². The van der Waals surface area contributed by atoms with Gasteiger partial charge in [-0.2, -0.15) is 0 Å². The van der Waals surface area contributed by atoms with Crippen LogP contribution in [0.25, 0.3) is 0 Å².